The van der Waals surface area contributed by atoms with E-state index in [0.29, 0.717) is 11.3 Å². The van der Waals surface area contributed by atoms with Gasteiger partial charge in [0, 0.05) is 0 Å². The van der Waals surface area contributed by atoms with E-state index in [-0.39, 0.29) is 34.2 Å². The maximum Gasteiger partial charge on any atom is 0.370 e. The summed E-state index contributed by atoms with van der Waals surface area (Å²) in [6.07, 6.45) is 14.0. The number of hydrogen-bond acceptors (Lipinski definition) is 3. The SMILES string of the molecule is C=CCOC(=O)C(F)=C(F)C(O[SiH3])=C(C)[C@H]1CC[C@H]2[C@@H]3CCC4CCCC[C@]4(C)[C@H]3CC[C@]12C. The maximum atomic E-state index is 15.1. The quantitative estimate of drug-likeness (QED) is 0.106. The Labute approximate surface area is 207 Å². The van der Waals surface area contributed by atoms with Crippen LogP contribution in [0.4, 0.5) is 8.78 Å². The molecule has 0 bridgehead atoms. The fraction of sp³-hybridized carbons (Fsp3) is 0.750. The zero-order valence-electron chi connectivity index (χ0n) is 21.4. The standard InChI is InChI=1S/C28H42F2O3Si/c1-5-16-32-26(31)24(30)23(29)25(33-34)17(2)20-11-12-21-19-10-9-18-8-6-7-14-27(18,3)22(19)13-15-28(20,21)4/h5,18-22H,1,6-16H2,2-4,34H3/t18?,19-,20+,21-,22-,27-,28+/m0/s1. The lowest BCUT2D eigenvalue weighted by atomic mass is 9.44. The minimum Gasteiger partial charge on any atom is -0.551 e. The molecule has 0 radical (unpaired) electrons. The largest absolute Gasteiger partial charge is 0.551 e. The lowest BCUT2D eigenvalue weighted by molar-refractivity contribution is -0.139. The van der Waals surface area contributed by atoms with Gasteiger partial charge in [0.15, 0.2) is 0 Å². The molecule has 4 aliphatic carbocycles. The zero-order valence-corrected chi connectivity index (χ0v) is 23.4. The molecule has 4 fully saturated rings. The van der Waals surface area contributed by atoms with Gasteiger partial charge in [-0.05, 0) is 104 Å². The third-order valence-corrected chi connectivity index (χ3v) is 11.0. The first-order chi connectivity index (χ1) is 16.2. The van der Waals surface area contributed by atoms with Gasteiger partial charge in [-0.25, -0.2) is 4.79 Å². The topological polar surface area (TPSA) is 35.5 Å². The van der Waals surface area contributed by atoms with Crippen LogP contribution in [0.2, 0.25) is 0 Å². The van der Waals surface area contributed by atoms with Gasteiger partial charge < -0.3 is 9.16 Å². The molecule has 0 aromatic heterocycles. The molecule has 3 nitrogen and oxygen atoms in total. The van der Waals surface area contributed by atoms with Crippen LogP contribution in [-0.2, 0) is 14.0 Å². The van der Waals surface area contributed by atoms with Gasteiger partial charge in [0.05, 0.1) is 0 Å². The molecule has 34 heavy (non-hydrogen) atoms. The van der Waals surface area contributed by atoms with Crippen LogP contribution in [0.1, 0.15) is 85.0 Å². The first-order valence-corrected chi connectivity index (χ1v) is 14.1. The summed E-state index contributed by atoms with van der Waals surface area (Å²) in [5, 5.41) is 0. The Balaban J connectivity index is 1.60. The van der Waals surface area contributed by atoms with E-state index >= 15 is 4.39 Å². The smallest absolute Gasteiger partial charge is 0.370 e. The highest BCUT2D eigenvalue weighted by Gasteiger charge is 2.60. The van der Waals surface area contributed by atoms with Crippen molar-refractivity contribution in [2.45, 2.75) is 85.0 Å². The minimum absolute atomic E-state index is 0.0640. The number of carbonyl (C=O) groups excluding carboxylic acids is 1. The van der Waals surface area contributed by atoms with E-state index in [0.717, 1.165) is 42.6 Å². The van der Waals surface area contributed by atoms with Crippen molar-refractivity contribution in [2.24, 2.45) is 40.4 Å². The number of rotatable bonds is 6. The normalized spacial score (nSPS) is 40.8. The summed E-state index contributed by atoms with van der Waals surface area (Å²) >= 11 is 0. The number of halogens is 2. The van der Waals surface area contributed by atoms with Crippen LogP contribution in [0.15, 0.2) is 35.6 Å². The monoisotopic (exact) mass is 492 g/mol. The summed E-state index contributed by atoms with van der Waals surface area (Å²) in [5.41, 5.74) is 1.30. The maximum absolute atomic E-state index is 15.1. The molecular formula is C28H42F2O3Si. The Morgan fingerprint density at radius 2 is 1.74 bits per heavy atom. The summed E-state index contributed by atoms with van der Waals surface area (Å²) < 4.78 is 39.9. The van der Waals surface area contributed by atoms with Crippen molar-refractivity contribution >= 4 is 16.5 Å². The van der Waals surface area contributed by atoms with Crippen molar-refractivity contribution in [3.05, 3.63) is 35.6 Å². The zero-order chi connectivity index (χ0) is 24.7. The number of fused-ring (bicyclic) bond motifs is 5. The lowest BCUT2D eigenvalue weighted by Crippen LogP contribution is -2.52. The summed E-state index contributed by atoms with van der Waals surface area (Å²) in [7, 11) is 0.213. The average Bonchev–Trinajstić information content (AvgIpc) is 3.19. The van der Waals surface area contributed by atoms with E-state index in [2.05, 4.69) is 20.4 Å². The van der Waals surface area contributed by atoms with Crippen LogP contribution in [0.5, 0.6) is 0 Å². The molecule has 6 heteroatoms. The molecule has 0 saturated heterocycles. The van der Waals surface area contributed by atoms with E-state index in [9.17, 15) is 9.18 Å². The van der Waals surface area contributed by atoms with Crippen molar-refractivity contribution < 1.29 is 22.7 Å². The molecule has 190 valence electrons. The first kappa shape index (κ1) is 25.7. The summed E-state index contributed by atoms with van der Waals surface area (Å²) in [6.45, 7) is 10.1. The van der Waals surface area contributed by atoms with Crippen LogP contribution < -0.4 is 0 Å². The van der Waals surface area contributed by atoms with Crippen LogP contribution in [-0.4, -0.2) is 23.1 Å². The van der Waals surface area contributed by atoms with Gasteiger partial charge in [0.1, 0.15) is 12.4 Å². The van der Waals surface area contributed by atoms with Crippen LogP contribution in [0.25, 0.3) is 0 Å². The lowest BCUT2D eigenvalue weighted by Gasteiger charge is -2.60. The molecule has 4 rings (SSSR count). The highest BCUT2D eigenvalue weighted by atomic mass is 28.2. The molecule has 0 heterocycles. The Morgan fingerprint density at radius 3 is 2.44 bits per heavy atom. The summed E-state index contributed by atoms with van der Waals surface area (Å²) in [6, 6.07) is 0. The van der Waals surface area contributed by atoms with Gasteiger partial charge in [0.25, 0.3) is 0 Å². The van der Waals surface area contributed by atoms with Gasteiger partial charge in [-0.2, -0.15) is 8.78 Å². The predicted octanol–water partition coefficient (Wildman–Crippen LogP) is 6.49. The minimum atomic E-state index is -1.51. The van der Waals surface area contributed by atoms with E-state index in [1.807, 2.05) is 6.92 Å². The van der Waals surface area contributed by atoms with Gasteiger partial charge in [-0.15, -0.1) is 0 Å². The van der Waals surface area contributed by atoms with Crippen molar-refractivity contribution in [3.63, 3.8) is 0 Å². The third kappa shape index (κ3) is 4.12. The van der Waals surface area contributed by atoms with Crippen molar-refractivity contribution in [2.75, 3.05) is 6.61 Å². The molecule has 0 amide bonds. The molecule has 7 atom stereocenters. The first-order valence-electron chi connectivity index (χ1n) is 13.3. The fourth-order valence-electron chi connectivity index (χ4n) is 8.98. The second kappa shape index (κ2) is 9.91. The number of hydrogen-bond donors (Lipinski definition) is 0. The van der Waals surface area contributed by atoms with Crippen LogP contribution in [0.3, 0.4) is 0 Å². The van der Waals surface area contributed by atoms with E-state index in [1.54, 1.807) is 0 Å². The van der Waals surface area contributed by atoms with Gasteiger partial charge >= 0.3 is 5.97 Å². The van der Waals surface area contributed by atoms with Gasteiger partial charge in [-0.1, -0.05) is 39.3 Å². The average molecular weight is 493 g/mol. The van der Waals surface area contributed by atoms with Crippen molar-refractivity contribution in [1.82, 2.24) is 0 Å². The highest BCUT2D eigenvalue weighted by Crippen LogP contribution is 2.68. The second-order valence-corrected chi connectivity index (χ2v) is 12.2. The number of ether oxygens (including phenoxy) is 1. The molecule has 4 saturated carbocycles. The van der Waals surface area contributed by atoms with E-state index in [1.165, 1.54) is 51.0 Å². The number of allylic oxidation sites excluding steroid dienone is 2. The van der Waals surface area contributed by atoms with Crippen LogP contribution in [0, 0.1) is 40.4 Å². The second-order valence-electron chi connectivity index (χ2n) is 11.8. The Bertz CT molecular complexity index is 883. The third-order valence-electron chi connectivity index (χ3n) is 10.6. The molecule has 0 N–H and O–H groups in total. The Kier molecular flexibility index (Phi) is 7.47. The molecule has 0 aromatic rings. The van der Waals surface area contributed by atoms with E-state index in [4.69, 9.17) is 9.16 Å². The highest BCUT2D eigenvalue weighted by molar-refractivity contribution is 5.99. The van der Waals surface area contributed by atoms with E-state index < -0.39 is 17.6 Å². The van der Waals surface area contributed by atoms with Crippen molar-refractivity contribution in [1.29, 1.82) is 0 Å². The van der Waals surface area contributed by atoms with Crippen molar-refractivity contribution in [3.8, 4) is 0 Å². The molecule has 0 aromatic carbocycles. The van der Waals surface area contributed by atoms with Gasteiger partial charge in [-0.3, -0.25) is 0 Å². The number of esters is 1. The number of carbonyl (C=O) groups is 1. The van der Waals surface area contributed by atoms with Crippen LogP contribution >= 0.6 is 0 Å². The summed E-state index contributed by atoms with van der Waals surface area (Å²) in [5.74, 6) is -0.947. The fourth-order valence-corrected chi connectivity index (χ4v) is 9.48. The Morgan fingerprint density at radius 1 is 1.00 bits per heavy atom. The van der Waals surface area contributed by atoms with Gasteiger partial charge in [0.2, 0.25) is 22.1 Å². The molecule has 4 aliphatic rings. The molecular weight excluding hydrogens is 450 g/mol. The molecule has 1 unspecified atom stereocenters. The summed E-state index contributed by atoms with van der Waals surface area (Å²) in [4.78, 5) is 11.9. The predicted molar refractivity (Wildman–Crippen MR) is 134 cm³/mol. The molecule has 0 spiro atoms. The Hall–Kier alpha value is -1.43. The molecule has 0 aliphatic heterocycles.